The minimum absolute atomic E-state index is 0.201. The maximum atomic E-state index is 12.0. The third-order valence-corrected chi connectivity index (χ3v) is 5.12. The smallest absolute Gasteiger partial charge is 0.307 e. The van der Waals surface area contributed by atoms with Gasteiger partial charge in [0.25, 0.3) is 0 Å². The molecule has 0 spiro atoms. The Hall–Kier alpha value is -1.09. The summed E-state index contributed by atoms with van der Waals surface area (Å²) < 4.78 is 4.80. The molecule has 0 aliphatic heterocycles. The van der Waals surface area contributed by atoms with Crippen molar-refractivity contribution in [3.63, 3.8) is 0 Å². The van der Waals surface area contributed by atoms with Gasteiger partial charge in [0.2, 0.25) is 10.0 Å². The number of carbonyl (C=O) groups is 1. The summed E-state index contributed by atoms with van der Waals surface area (Å²) in [5.74, 6) is -0.497. The summed E-state index contributed by atoms with van der Waals surface area (Å²) in [4.78, 5) is 12.0. The fraction of sp³-hybridized carbons (Fsp3) is 0.333. The predicted octanol–water partition coefficient (Wildman–Crippen LogP) is 6.94. The summed E-state index contributed by atoms with van der Waals surface area (Å²) in [5.41, 5.74) is 1.29. The molecule has 27 heavy (non-hydrogen) atoms. The minimum Gasteiger partial charge on any atom is -0.436 e. The Morgan fingerprint density at radius 3 is 2.56 bits per heavy atom. The highest BCUT2D eigenvalue weighted by molar-refractivity contribution is 6.67. The molecular formula is C18H15Cl5N2O2. The standard InChI is InChI=1S/C18H15Cl5N2O2/c1-2-3-7-15(26)27-17(18(21,22)23)25-9-11(8-24)13(10-25)12-5-4-6-14(19)16(12)20/h4-6,9-10,17H,2-3,7H2,1H3. The van der Waals surface area contributed by atoms with Crippen LogP contribution in [0.25, 0.3) is 11.1 Å². The zero-order valence-corrected chi connectivity index (χ0v) is 18.0. The van der Waals surface area contributed by atoms with Gasteiger partial charge in [-0.25, -0.2) is 0 Å². The Morgan fingerprint density at radius 1 is 1.26 bits per heavy atom. The first-order valence-electron chi connectivity index (χ1n) is 8.01. The van der Waals surface area contributed by atoms with Crippen molar-refractivity contribution in [2.45, 2.75) is 36.2 Å². The Bertz CT molecular complexity index is 868. The molecule has 1 unspecified atom stereocenters. The number of benzene rings is 1. The van der Waals surface area contributed by atoms with E-state index in [0.717, 1.165) is 6.42 Å². The van der Waals surface area contributed by atoms with E-state index >= 15 is 0 Å². The predicted molar refractivity (Wildman–Crippen MR) is 110 cm³/mol. The van der Waals surface area contributed by atoms with Crippen LogP contribution in [0.4, 0.5) is 0 Å². The Balaban J connectivity index is 2.47. The number of halogens is 5. The third kappa shape index (κ3) is 5.47. The molecule has 1 aromatic carbocycles. The van der Waals surface area contributed by atoms with Crippen molar-refractivity contribution in [1.29, 1.82) is 5.26 Å². The van der Waals surface area contributed by atoms with Crippen LogP contribution in [0.1, 0.15) is 38.0 Å². The number of nitriles is 1. The van der Waals surface area contributed by atoms with E-state index in [2.05, 4.69) is 6.07 Å². The van der Waals surface area contributed by atoms with Crippen LogP contribution in [0.3, 0.4) is 0 Å². The Labute approximate surface area is 182 Å². The topological polar surface area (TPSA) is 55.0 Å². The highest BCUT2D eigenvalue weighted by atomic mass is 35.6. The van der Waals surface area contributed by atoms with Gasteiger partial charge in [-0.1, -0.05) is 83.5 Å². The largest absolute Gasteiger partial charge is 0.436 e. The number of alkyl halides is 3. The van der Waals surface area contributed by atoms with Crippen molar-refractivity contribution in [2.75, 3.05) is 0 Å². The molecule has 0 aliphatic carbocycles. The number of rotatable bonds is 6. The van der Waals surface area contributed by atoms with Crippen LogP contribution >= 0.6 is 58.0 Å². The summed E-state index contributed by atoms with van der Waals surface area (Å²) in [6, 6.07) is 7.12. The van der Waals surface area contributed by atoms with E-state index in [1.54, 1.807) is 18.2 Å². The van der Waals surface area contributed by atoms with E-state index in [1.165, 1.54) is 17.0 Å². The van der Waals surface area contributed by atoms with Crippen LogP contribution in [0.5, 0.6) is 0 Å². The molecule has 0 N–H and O–H groups in total. The number of aromatic nitrogens is 1. The zero-order valence-electron chi connectivity index (χ0n) is 14.2. The van der Waals surface area contributed by atoms with Gasteiger partial charge in [0.1, 0.15) is 6.07 Å². The average molecular weight is 469 g/mol. The highest BCUT2D eigenvalue weighted by Crippen LogP contribution is 2.42. The molecule has 0 saturated heterocycles. The third-order valence-electron chi connectivity index (χ3n) is 3.74. The lowest BCUT2D eigenvalue weighted by molar-refractivity contribution is -0.153. The maximum absolute atomic E-state index is 12.0. The number of nitrogens with zero attached hydrogens (tertiary/aromatic N) is 2. The van der Waals surface area contributed by atoms with Crippen LogP contribution < -0.4 is 0 Å². The zero-order chi connectivity index (χ0) is 20.2. The van der Waals surface area contributed by atoms with Gasteiger partial charge in [0.15, 0.2) is 0 Å². The van der Waals surface area contributed by atoms with E-state index in [0.29, 0.717) is 27.6 Å². The molecule has 144 valence electrons. The molecule has 0 bridgehead atoms. The average Bonchev–Trinajstić information content (AvgIpc) is 3.02. The van der Waals surface area contributed by atoms with Gasteiger partial charge in [-0.15, -0.1) is 0 Å². The molecular weight excluding hydrogens is 453 g/mol. The summed E-state index contributed by atoms with van der Waals surface area (Å²) in [6.45, 7) is 1.95. The van der Waals surface area contributed by atoms with Crippen molar-refractivity contribution < 1.29 is 9.53 Å². The van der Waals surface area contributed by atoms with Crippen molar-refractivity contribution in [3.05, 3.63) is 46.2 Å². The van der Waals surface area contributed by atoms with Gasteiger partial charge >= 0.3 is 5.97 Å². The molecule has 9 heteroatoms. The number of esters is 1. The maximum Gasteiger partial charge on any atom is 0.307 e. The molecule has 4 nitrogen and oxygen atoms in total. The summed E-state index contributed by atoms with van der Waals surface area (Å²) in [6.07, 6.45) is 3.41. The van der Waals surface area contributed by atoms with Crippen LogP contribution in [0, 0.1) is 11.3 Å². The van der Waals surface area contributed by atoms with Crippen LogP contribution in [0.15, 0.2) is 30.6 Å². The second kappa shape index (κ2) is 9.41. The van der Waals surface area contributed by atoms with E-state index in [4.69, 9.17) is 62.7 Å². The highest BCUT2D eigenvalue weighted by Gasteiger charge is 2.38. The van der Waals surface area contributed by atoms with E-state index in [-0.39, 0.29) is 12.0 Å². The van der Waals surface area contributed by atoms with E-state index in [1.807, 2.05) is 6.92 Å². The van der Waals surface area contributed by atoms with Gasteiger partial charge in [0.05, 0.1) is 15.6 Å². The van der Waals surface area contributed by atoms with E-state index < -0.39 is 16.0 Å². The lowest BCUT2D eigenvalue weighted by atomic mass is 10.1. The number of unbranched alkanes of at least 4 members (excludes halogenated alkanes) is 1. The SMILES string of the molecule is CCCCC(=O)OC(n1cc(C#N)c(-c2cccc(Cl)c2Cl)c1)C(Cl)(Cl)Cl. The van der Waals surface area contributed by atoms with Gasteiger partial charge in [-0.05, 0) is 12.5 Å². The molecule has 1 aromatic heterocycles. The molecule has 2 aromatic rings. The molecule has 1 heterocycles. The molecule has 0 amide bonds. The van der Waals surface area contributed by atoms with Crippen LogP contribution in [-0.4, -0.2) is 14.3 Å². The summed E-state index contributed by atoms with van der Waals surface area (Å²) in [5, 5.41) is 10.1. The first-order valence-corrected chi connectivity index (χ1v) is 9.90. The molecule has 0 aliphatic rings. The molecule has 0 radical (unpaired) electrons. The first kappa shape index (κ1) is 22.2. The van der Waals surface area contributed by atoms with Crippen LogP contribution in [0.2, 0.25) is 10.0 Å². The van der Waals surface area contributed by atoms with Crippen molar-refractivity contribution in [3.8, 4) is 17.2 Å². The summed E-state index contributed by atoms with van der Waals surface area (Å²) >= 11 is 30.4. The van der Waals surface area contributed by atoms with Crippen molar-refractivity contribution >= 4 is 64.0 Å². The second-order valence-corrected chi connectivity index (χ2v) is 8.89. The van der Waals surface area contributed by atoms with Gasteiger partial charge < -0.3 is 9.30 Å². The number of hydrogen-bond acceptors (Lipinski definition) is 3. The second-order valence-electron chi connectivity index (χ2n) is 5.73. The fourth-order valence-electron chi connectivity index (χ4n) is 2.43. The molecule has 2 rings (SSSR count). The van der Waals surface area contributed by atoms with Gasteiger partial charge in [0, 0.05) is 29.9 Å². The molecule has 0 saturated carbocycles. The number of hydrogen-bond donors (Lipinski definition) is 0. The van der Waals surface area contributed by atoms with E-state index in [9.17, 15) is 10.1 Å². The lowest BCUT2D eigenvalue weighted by Crippen LogP contribution is -2.28. The summed E-state index contributed by atoms with van der Waals surface area (Å²) in [7, 11) is 0. The Kier molecular flexibility index (Phi) is 7.73. The number of ether oxygens (including phenoxy) is 1. The van der Waals surface area contributed by atoms with Crippen molar-refractivity contribution in [2.24, 2.45) is 0 Å². The quantitative estimate of drug-likeness (QED) is 0.341. The van der Waals surface area contributed by atoms with Crippen molar-refractivity contribution in [1.82, 2.24) is 4.57 Å². The molecule has 0 fully saturated rings. The first-order chi connectivity index (χ1) is 12.7. The normalized spacial score (nSPS) is 12.5. The monoisotopic (exact) mass is 466 g/mol. The molecule has 1 atom stereocenters. The lowest BCUT2D eigenvalue weighted by Gasteiger charge is -2.25. The number of carbonyl (C=O) groups excluding carboxylic acids is 1. The minimum atomic E-state index is -1.94. The van der Waals surface area contributed by atoms with Gasteiger partial charge in [-0.2, -0.15) is 5.26 Å². The van der Waals surface area contributed by atoms with Gasteiger partial charge in [-0.3, -0.25) is 4.79 Å². The van der Waals surface area contributed by atoms with Crippen LogP contribution in [-0.2, 0) is 9.53 Å². The Morgan fingerprint density at radius 2 is 1.96 bits per heavy atom. The fourth-order valence-corrected chi connectivity index (χ4v) is 3.30.